The van der Waals surface area contributed by atoms with E-state index in [-0.39, 0.29) is 0 Å². The van der Waals surface area contributed by atoms with Crippen LogP contribution in [0.4, 0.5) is 9.59 Å². The molecule has 0 aliphatic carbocycles. The summed E-state index contributed by atoms with van der Waals surface area (Å²) in [7, 11) is 0. The van der Waals surface area contributed by atoms with Gasteiger partial charge in [-0.3, -0.25) is 0 Å². The van der Waals surface area contributed by atoms with Crippen LogP contribution in [0.5, 0.6) is 0 Å². The number of carbonyl (C=O) groups excluding carboxylic acids is 2. The number of nitrogens with one attached hydrogen (secondary N) is 2. The molecule has 0 unspecified atom stereocenters. The SMILES string of the molecule is NC(=O)N/N=C/C(=N\NC(N)=O)[C@@H](O)[C@@H](O)[C@@H](O)CO. The van der Waals surface area contributed by atoms with Gasteiger partial charge in [0.25, 0.3) is 0 Å². The second-order valence-corrected chi connectivity index (χ2v) is 3.43. The number of primary amides is 2. The predicted octanol–water partition coefficient (Wildman–Crippen LogP) is -4.26. The first kappa shape index (κ1) is 17.7. The lowest BCUT2D eigenvalue weighted by Crippen LogP contribution is -2.45. The molecular formula is C8H16N6O6. The number of rotatable bonds is 7. The monoisotopic (exact) mass is 292 g/mol. The first-order valence-corrected chi connectivity index (χ1v) is 5.16. The topological polar surface area (TPSA) is 216 Å². The molecule has 12 nitrogen and oxygen atoms in total. The maximum Gasteiger partial charge on any atom is 0.332 e. The van der Waals surface area contributed by atoms with Crippen molar-refractivity contribution in [1.82, 2.24) is 10.9 Å². The van der Waals surface area contributed by atoms with Crippen molar-refractivity contribution in [3.8, 4) is 0 Å². The molecule has 114 valence electrons. The van der Waals surface area contributed by atoms with E-state index >= 15 is 0 Å². The predicted molar refractivity (Wildman–Crippen MR) is 66.5 cm³/mol. The number of aliphatic hydroxyl groups is 4. The smallest absolute Gasteiger partial charge is 0.332 e. The third kappa shape index (κ3) is 6.60. The van der Waals surface area contributed by atoms with Gasteiger partial charge in [0.2, 0.25) is 0 Å². The van der Waals surface area contributed by atoms with Crippen LogP contribution < -0.4 is 22.3 Å². The number of aliphatic hydroxyl groups excluding tert-OH is 4. The van der Waals surface area contributed by atoms with E-state index in [2.05, 4.69) is 10.2 Å². The fourth-order valence-electron chi connectivity index (χ4n) is 0.946. The summed E-state index contributed by atoms with van der Waals surface area (Å²) in [6.07, 6.45) is -4.57. The summed E-state index contributed by atoms with van der Waals surface area (Å²) in [5.74, 6) is 0. The lowest BCUT2D eigenvalue weighted by molar-refractivity contribution is -0.0549. The van der Waals surface area contributed by atoms with E-state index < -0.39 is 42.7 Å². The Morgan fingerprint density at radius 2 is 1.70 bits per heavy atom. The third-order valence-corrected chi connectivity index (χ3v) is 1.87. The number of hydrazone groups is 2. The van der Waals surface area contributed by atoms with E-state index in [0.29, 0.717) is 0 Å². The number of carbonyl (C=O) groups is 2. The third-order valence-electron chi connectivity index (χ3n) is 1.87. The van der Waals surface area contributed by atoms with Crippen LogP contribution in [0.3, 0.4) is 0 Å². The van der Waals surface area contributed by atoms with E-state index in [1.54, 1.807) is 10.9 Å². The molecule has 10 N–H and O–H groups in total. The second kappa shape index (κ2) is 8.76. The summed E-state index contributed by atoms with van der Waals surface area (Å²) in [4.78, 5) is 20.9. The Morgan fingerprint density at radius 3 is 2.15 bits per heavy atom. The van der Waals surface area contributed by atoms with E-state index in [9.17, 15) is 24.9 Å². The zero-order chi connectivity index (χ0) is 15.7. The van der Waals surface area contributed by atoms with E-state index in [4.69, 9.17) is 16.6 Å². The minimum atomic E-state index is -1.83. The zero-order valence-electron chi connectivity index (χ0n) is 10.2. The highest BCUT2D eigenvalue weighted by Gasteiger charge is 2.28. The van der Waals surface area contributed by atoms with Gasteiger partial charge in [-0.2, -0.15) is 10.2 Å². The first-order chi connectivity index (χ1) is 9.29. The van der Waals surface area contributed by atoms with Gasteiger partial charge in [0.05, 0.1) is 12.8 Å². The molecule has 0 aromatic heterocycles. The summed E-state index contributed by atoms with van der Waals surface area (Å²) in [5.41, 5.74) is 12.6. The number of amides is 4. The van der Waals surface area contributed by atoms with Crippen molar-refractivity contribution >= 4 is 24.0 Å². The second-order valence-electron chi connectivity index (χ2n) is 3.43. The molecule has 0 aliphatic heterocycles. The van der Waals surface area contributed by atoms with Gasteiger partial charge in [-0.05, 0) is 0 Å². The Kier molecular flexibility index (Phi) is 7.76. The number of nitrogens with two attached hydrogens (primary N) is 2. The van der Waals surface area contributed by atoms with Crippen molar-refractivity contribution in [1.29, 1.82) is 0 Å². The lowest BCUT2D eigenvalue weighted by Gasteiger charge is -2.21. The number of urea groups is 2. The van der Waals surface area contributed by atoms with Crippen LogP contribution in [-0.2, 0) is 0 Å². The summed E-state index contributed by atoms with van der Waals surface area (Å²) in [6, 6.07) is -2.07. The Morgan fingerprint density at radius 1 is 1.15 bits per heavy atom. The molecule has 0 fully saturated rings. The van der Waals surface area contributed by atoms with E-state index in [1.165, 1.54) is 0 Å². The van der Waals surface area contributed by atoms with Gasteiger partial charge in [0, 0.05) is 0 Å². The van der Waals surface area contributed by atoms with Gasteiger partial charge < -0.3 is 31.9 Å². The Bertz CT molecular complexity index is 399. The van der Waals surface area contributed by atoms with Gasteiger partial charge in [0.15, 0.2) is 0 Å². The molecule has 0 aliphatic rings. The minimum absolute atomic E-state index is 0.461. The van der Waals surface area contributed by atoms with Gasteiger partial charge in [0.1, 0.15) is 24.0 Å². The van der Waals surface area contributed by atoms with Gasteiger partial charge in [-0.15, -0.1) is 0 Å². The Hall–Kier alpha value is -2.28. The zero-order valence-corrected chi connectivity index (χ0v) is 10.2. The summed E-state index contributed by atoms with van der Waals surface area (Å²) >= 11 is 0. The molecule has 0 spiro atoms. The largest absolute Gasteiger partial charge is 0.394 e. The fraction of sp³-hybridized carbons (Fsp3) is 0.500. The molecule has 0 aromatic rings. The number of hydrogen-bond donors (Lipinski definition) is 8. The van der Waals surface area contributed by atoms with Crippen LogP contribution >= 0.6 is 0 Å². The fourth-order valence-corrected chi connectivity index (χ4v) is 0.946. The van der Waals surface area contributed by atoms with Gasteiger partial charge in [-0.25, -0.2) is 20.4 Å². The van der Waals surface area contributed by atoms with Crippen LogP contribution in [0.2, 0.25) is 0 Å². The van der Waals surface area contributed by atoms with Crippen LogP contribution in [-0.4, -0.2) is 69.3 Å². The molecular weight excluding hydrogens is 276 g/mol. The highest BCUT2D eigenvalue weighted by Crippen LogP contribution is 2.01. The van der Waals surface area contributed by atoms with Gasteiger partial charge in [-0.1, -0.05) is 0 Å². The number of hydrogen-bond acceptors (Lipinski definition) is 8. The first-order valence-electron chi connectivity index (χ1n) is 5.16. The summed E-state index contributed by atoms with van der Waals surface area (Å²) in [6.45, 7) is -0.828. The molecule has 0 saturated heterocycles. The maximum atomic E-state index is 10.5. The molecule has 20 heavy (non-hydrogen) atoms. The Labute approximate surface area is 112 Å². The summed E-state index contributed by atoms with van der Waals surface area (Å²) < 4.78 is 0. The molecule has 0 aromatic carbocycles. The van der Waals surface area contributed by atoms with Crippen molar-refractivity contribution in [2.24, 2.45) is 21.7 Å². The standard InChI is InChI=1S/C8H16N6O6/c9-7(19)13-11-1-3(12-14-8(10)20)5(17)6(18)4(16)2-15/h1,4-6,15-18H,2H2,(H3,9,13,19)(H3,10,14,20)/b11-1+,12-3+/t4-,5+,6-/m0/s1. The van der Waals surface area contributed by atoms with Crippen molar-refractivity contribution in [3.05, 3.63) is 0 Å². The number of nitrogens with zero attached hydrogens (tertiary/aromatic N) is 2. The molecule has 0 saturated carbocycles. The van der Waals surface area contributed by atoms with Gasteiger partial charge >= 0.3 is 12.1 Å². The van der Waals surface area contributed by atoms with Crippen LogP contribution in [0.15, 0.2) is 10.2 Å². The molecule has 0 radical (unpaired) electrons. The van der Waals surface area contributed by atoms with Crippen LogP contribution in [0, 0.1) is 0 Å². The molecule has 0 rings (SSSR count). The van der Waals surface area contributed by atoms with Crippen LogP contribution in [0.1, 0.15) is 0 Å². The lowest BCUT2D eigenvalue weighted by atomic mass is 10.0. The minimum Gasteiger partial charge on any atom is -0.394 e. The summed E-state index contributed by atoms with van der Waals surface area (Å²) in [5, 5.41) is 43.5. The van der Waals surface area contributed by atoms with Crippen molar-refractivity contribution in [2.45, 2.75) is 18.3 Å². The molecule has 0 heterocycles. The molecule has 12 heteroatoms. The maximum absolute atomic E-state index is 10.5. The molecule has 4 amide bonds. The van der Waals surface area contributed by atoms with E-state index in [0.717, 1.165) is 6.21 Å². The highest BCUT2D eigenvalue weighted by molar-refractivity contribution is 6.32. The Balaban J connectivity index is 5.00. The molecule has 0 bridgehead atoms. The highest BCUT2D eigenvalue weighted by atomic mass is 16.4. The average Bonchev–Trinajstić information content (AvgIpc) is 2.39. The van der Waals surface area contributed by atoms with Crippen molar-refractivity contribution in [3.63, 3.8) is 0 Å². The normalized spacial score (nSPS) is 16.5. The average molecular weight is 292 g/mol. The molecule has 3 atom stereocenters. The van der Waals surface area contributed by atoms with Crippen LogP contribution in [0.25, 0.3) is 0 Å². The van der Waals surface area contributed by atoms with E-state index in [1.807, 2.05) is 0 Å². The quantitative estimate of drug-likeness (QED) is 0.171. The van der Waals surface area contributed by atoms with Crippen molar-refractivity contribution < 1.29 is 30.0 Å². The van der Waals surface area contributed by atoms with Crippen molar-refractivity contribution in [2.75, 3.05) is 6.61 Å².